The summed E-state index contributed by atoms with van der Waals surface area (Å²) < 4.78 is 25.3. The van der Waals surface area contributed by atoms with E-state index < -0.39 is 10.0 Å². The number of sulfonamides is 1. The van der Waals surface area contributed by atoms with Crippen LogP contribution in [-0.2, 0) is 10.0 Å². The summed E-state index contributed by atoms with van der Waals surface area (Å²) in [6.45, 7) is 0.940. The number of piperidine rings is 1. The van der Waals surface area contributed by atoms with Crippen molar-refractivity contribution in [3.8, 4) is 0 Å². The summed E-state index contributed by atoms with van der Waals surface area (Å²) in [5, 5.41) is 0. The molecule has 1 aromatic carbocycles. The molecule has 1 aromatic heterocycles. The van der Waals surface area contributed by atoms with Gasteiger partial charge in [-0.15, -0.1) is 0 Å². The maximum absolute atomic E-state index is 12.6. The van der Waals surface area contributed by atoms with Crippen LogP contribution in [0.25, 0.3) is 11.0 Å². The number of para-hydroxylation sites is 2. The normalized spacial score (nSPS) is 19.0. The molecule has 1 amide bonds. The molecule has 1 aliphatic heterocycles. The van der Waals surface area contributed by atoms with E-state index >= 15 is 0 Å². The van der Waals surface area contributed by atoms with E-state index in [-0.39, 0.29) is 17.6 Å². The molecule has 23 heavy (non-hydrogen) atoms. The van der Waals surface area contributed by atoms with E-state index in [1.54, 1.807) is 4.90 Å². The van der Waals surface area contributed by atoms with E-state index in [4.69, 9.17) is 0 Å². The van der Waals surface area contributed by atoms with E-state index in [1.165, 1.54) is 6.20 Å². The Morgan fingerprint density at radius 3 is 2.78 bits per heavy atom. The Labute approximate surface area is 134 Å². The first-order valence-electron chi connectivity index (χ1n) is 7.41. The lowest BCUT2D eigenvalue weighted by atomic mass is 10.1. The molecule has 2 aromatic rings. The zero-order valence-corrected chi connectivity index (χ0v) is 13.6. The Balaban J connectivity index is 1.78. The maximum atomic E-state index is 12.6. The quantitative estimate of drug-likeness (QED) is 0.895. The molecule has 1 aliphatic rings. The van der Waals surface area contributed by atoms with Crippen LogP contribution in [0.2, 0.25) is 0 Å². The number of rotatable bonds is 3. The summed E-state index contributed by atoms with van der Waals surface area (Å²) in [4.78, 5) is 22.8. The highest BCUT2D eigenvalue weighted by atomic mass is 32.2. The number of fused-ring (bicyclic) bond motifs is 1. The minimum absolute atomic E-state index is 0.219. The first-order chi connectivity index (χ1) is 10.9. The zero-order chi connectivity index (χ0) is 16.4. The van der Waals surface area contributed by atoms with Crippen molar-refractivity contribution in [2.45, 2.75) is 18.9 Å². The van der Waals surface area contributed by atoms with Crippen LogP contribution in [0.4, 0.5) is 0 Å². The van der Waals surface area contributed by atoms with E-state index in [0.29, 0.717) is 18.6 Å². The molecule has 3 rings (SSSR count). The van der Waals surface area contributed by atoms with Gasteiger partial charge in [-0.2, -0.15) is 0 Å². The van der Waals surface area contributed by atoms with E-state index in [1.807, 2.05) is 24.3 Å². The van der Waals surface area contributed by atoms with E-state index in [0.717, 1.165) is 24.6 Å². The Bertz CT molecular complexity index is 837. The molecule has 0 radical (unpaired) electrons. The molecule has 2 heterocycles. The monoisotopic (exact) mass is 334 g/mol. The summed E-state index contributed by atoms with van der Waals surface area (Å²) in [7, 11) is -3.28. The highest BCUT2D eigenvalue weighted by molar-refractivity contribution is 7.88. The SMILES string of the molecule is CS(=O)(=O)N[C@@H]1CCCN(C(=O)c2cnc3ccccc3n2)C1. The standard InChI is InChI=1S/C15H18N4O3S/c1-23(21,22)18-11-5-4-8-19(10-11)15(20)14-9-16-12-6-2-3-7-13(12)17-14/h2-3,6-7,9,11,18H,4-5,8,10H2,1H3/t11-/m1/s1. The number of aromatic nitrogens is 2. The molecule has 1 saturated heterocycles. The fourth-order valence-corrected chi connectivity index (χ4v) is 3.58. The van der Waals surface area contributed by atoms with Crippen LogP contribution in [0, 0.1) is 0 Å². The fraction of sp³-hybridized carbons (Fsp3) is 0.400. The van der Waals surface area contributed by atoms with Crippen molar-refractivity contribution >= 4 is 27.0 Å². The Morgan fingerprint density at radius 2 is 2.04 bits per heavy atom. The second-order valence-corrected chi connectivity index (χ2v) is 7.50. The lowest BCUT2D eigenvalue weighted by Crippen LogP contribution is -2.49. The van der Waals surface area contributed by atoms with Crippen LogP contribution in [0.1, 0.15) is 23.3 Å². The molecule has 7 nitrogen and oxygen atoms in total. The number of nitrogens with zero attached hydrogens (tertiary/aromatic N) is 3. The third kappa shape index (κ3) is 3.83. The van der Waals surface area contributed by atoms with Crippen molar-refractivity contribution in [3.05, 3.63) is 36.2 Å². The fourth-order valence-electron chi connectivity index (χ4n) is 2.78. The molecule has 1 fully saturated rings. The molecule has 0 unspecified atom stereocenters. The van der Waals surface area contributed by atoms with Crippen LogP contribution < -0.4 is 4.72 Å². The van der Waals surface area contributed by atoms with E-state index in [9.17, 15) is 13.2 Å². The predicted molar refractivity (Wildman–Crippen MR) is 86.4 cm³/mol. The minimum atomic E-state index is -3.28. The van der Waals surface area contributed by atoms with Crippen molar-refractivity contribution in [2.75, 3.05) is 19.3 Å². The number of carbonyl (C=O) groups excluding carboxylic acids is 1. The van der Waals surface area contributed by atoms with Gasteiger partial charge in [0.05, 0.1) is 23.5 Å². The third-order valence-electron chi connectivity index (χ3n) is 3.76. The summed E-state index contributed by atoms with van der Waals surface area (Å²) in [6, 6.07) is 7.10. The van der Waals surface area contributed by atoms with Gasteiger partial charge < -0.3 is 4.90 Å². The zero-order valence-electron chi connectivity index (χ0n) is 12.8. The molecule has 0 saturated carbocycles. The lowest BCUT2D eigenvalue weighted by molar-refractivity contribution is 0.0697. The van der Waals surface area contributed by atoms with Gasteiger partial charge in [0.15, 0.2) is 0 Å². The Morgan fingerprint density at radius 1 is 1.30 bits per heavy atom. The first kappa shape index (κ1) is 15.8. The van der Waals surface area contributed by atoms with Gasteiger partial charge in [0.25, 0.3) is 5.91 Å². The van der Waals surface area contributed by atoms with Crippen LogP contribution in [0.5, 0.6) is 0 Å². The van der Waals surface area contributed by atoms with Gasteiger partial charge in [-0.1, -0.05) is 12.1 Å². The molecule has 0 spiro atoms. The van der Waals surface area contributed by atoms with Gasteiger partial charge in [0, 0.05) is 19.1 Å². The number of nitrogens with one attached hydrogen (secondary N) is 1. The van der Waals surface area contributed by atoms with Crippen molar-refractivity contribution in [1.29, 1.82) is 0 Å². The van der Waals surface area contributed by atoms with Gasteiger partial charge in [0.2, 0.25) is 10.0 Å². The van der Waals surface area contributed by atoms with Crippen LogP contribution in [-0.4, -0.2) is 54.6 Å². The molecule has 1 N–H and O–H groups in total. The largest absolute Gasteiger partial charge is 0.336 e. The molecule has 8 heteroatoms. The van der Waals surface area contributed by atoms with Crippen molar-refractivity contribution in [1.82, 2.24) is 19.6 Å². The number of hydrogen-bond donors (Lipinski definition) is 1. The number of amides is 1. The Kier molecular flexibility index (Phi) is 4.27. The summed E-state index contributed by atoms with van der Waals surface area (Å²) in [6.07, 6.45) is 4.07. The van der Waals surface area contributed by atoms with Gasteiger partial charge >= 0.3 is 0 Å². The van der Waals surface area contributed by atoms with Crippen LogP contribution in [0.15, 0.2) is 30.5 Å². The van der Waals surface area contributed by atoms with Crippen LogP contribution in [0.3, 0.4) is 0 Å². The Hall–Kier alpha value is -2.06. The molecular formula is C15H18N4O3S. The van der Waals surface area contributed by atoms with Crippen molar-refractivity contribution in [2.24, 2.45) is 0 Å². The smallest absolute Gasteiger partial charge is 0.274 e. The predicted octanol–water partition coefficient (Wildman–Crippen LogP) is 0.784. The second kappa shape index (κ2) is 6.21. The van der Waals surface area contributed by atoms with Crippen molar-refractivity contribution < 1.29 is 13.2 Å². The van der Waals surface area contributed by atoms with Crippen molar-refractivity contribution in [3.63, 3.8) is 0 Å². The second-order valence-electron chi connectivity index (χ2n) is 5.72. The lowest BCUT2D eigenvalue weighted by Gasteiger charge is -2.32. The van der Waals surface area contributed by atoms with Crippen LogP contribution >= 0.6 is 0 Å². The number of hydrogen-bond acceptors (Lipinski definition) is 5. The number of likely N-dealkylation sites (tertiary alicyclic amines) is 1. The van der Waals surface area contributed by atoms with Gasteiger partial charge in [-0.3, -0.25) is 9.78 Å². The first-order valence-corrected chi connectivity index (χ1v) is 9.30. The maximum Gasteiger partial charge on any atom is 0.274 e. The molecule has 1 atom stereocenters. The summed E-state index contributed by atoms with van der Waals surface area (Å²) >= 11 is 0. The third-order valence-corrected chi connectivity index (χ3v) is 4.52. The highest BCUT2D eigenvalue weighted by Crippen LogP contribution is 2.15. The molecule has 0 aliphatic carbocycles. The average molecular weight is 334 g/mol. The summed E-state index contributed by atoms with van der Waals surface area (Å²) in [5.41, 5.74) is 1.68. The van der Waals surface area contributed by atoms with Gasteiger partial charge in [0.1, 0.15) is 5.69 Å². The topological polar surface area (TPSA) is 92.3 Å². The highest BCUT2D eigenvalue weighted by Gasteiger charge is 2.27. The summed E-state index contributed by atoms with van der Waals surface area (Å²) in [5.74, 6) is -0.219. The minimum Gasteiger partial charge on any atom is -0.336 e. The molecule has 122 valence electrons. The van der Waals surface area contributed by atoms with Gasteiger partial charge in [-0.25, -0.2) is 18.1 Å². The molecule has 0 bridgehead atoms. The number of benzene rings is 1. The van der Waals surface area contributed by atoms with E-state index in [2.05, 4.69) is 14.7 Å². The van der Waals surface area contributed by atoms with Gasteiger partial charge in [-0.05, 0) is 25.0 Å². The molecular weight excluding hydrogens is 316 g/mol. The number of carbonyl (C=O) groups is 1. The average Bonchev–Trinajstić information content (AvgIpc) is 2.52.